The Morgan fingerprint density at radius 1 is 0.778 bits per heavy atom. The third-order valence-corrected chi connectivity index (χ3v) is 6.77. The number of hydrogen-bond donors (Lipinski definition) is 0. The van der Waals surface area contributed by atoms with E-state index in [-0.39, 0.29) is 35.6 Å². The van der Waals surface area contributed by atoms with E-state index < -0.39 is 5.92 Å². The van der Waals surface area contributed by atoms with Crippen molar-refractivity contribution < 1.29 is 14.3 Å². The van der Waals surface area contributed by atoms with Crippen LogP contribution in [0.4, 0.5) is 0 Å². The van der Waals surface area contributed by atoms with Gasteiger partial charge in [0.15, 0.2) is 11.6 Å². The number of fused-ring (bicyclic) bond motifs is 5. The van der Waals surface area contributed by atoms with Crippen molar-refractivity contribution in [2.75, 3.05) is 0 Å². The molecule has 1 saturated carbocycles. The van der Waals surface area contributed by atoms with Crippen molar-refractivity contribution in [3.63, 3.8) is 0 Å². The number of carbonyl (C=O) groups excluding carboxylic acids is 2. The Balaban J connectivity index is 1.55. The van der Waals surface area contributed by atoms with Crippen LogP contribution in [0.3, 0.4) is 0 Å². The Kier molecular flexibility index (Phi) is 3.67. The molecule has 0 radical (unpaired) electrons. The lowest BCUT2D eigenvalue weighted by molar-refractivity contribution is -0.127. The van der Waals surface area contributed by atoms with Crippen LogP contribution < -0.4 is 0 Å². The number of benzene rings is 2. The first kappa shape index (κ1) is 16.9. The molecular formula is C24H24O3. The molecule has 2 saturated heterocycles. The van der Waals surface area contributed by atoms with Gasteiger partial charge in [-0.2, -0.15) is 0 Å². The Morgan fingerprint density at radius 2 is 1.30 bits per heavy atom. The molecule has 0 N–H and O–H groups in total. The Hall–Kier alpha value is -2.26. The zero-order chi connectivity index (χ0) is 18.9. The molecule has 138 valence electrons. The van der Waals surface area contributed by atoms with Gasteiger partial charge in [0.2, 0.25) is 0 Å². The molecule has 2 heterocycles. The zero-order valence-electron chi connectivity index (χ0n) is 16.0. The summed E-state index contributed by atoms with van der Waals surface area (Å²) in [6.07, 6.45) is 1.77. The minimum atomic E-state index is -0.598. The van der Waals surface area contributed by atoms with Gasteiger partial charge in [-0.25, -0.2) is 0 Å². The fourth-order valence-corrected chi connectivity index (χ4v) is 5.55. The SMILES string of the molecule is Cc1ccc(-c2cc(C)c(C3C(=O)[C@@H]4[C@H](C3=O)[C@H]3CC[C@@H]4O3)c(C)c2)cc1. The molecule has 3 nitrogen and oxygen atoms in total. The highest BCUT2D eigenvalue weighted by Crippen LogP contribution is 2.53. The van der Waals surface area contributed by atoms with E-state index in [1.807, 2.05) is 13.8 Å². The zero-order valence-corrected chi connectivity index (χ0v) is 16.0. The average Bonchev–Trinajstić information content (AvgIpc) is 3.31. The lowest BCUT2D eigenvalue weighted by atomic mass is 9.81. The van der Waals surface area contributed by atoms with E-state index in [0.29, 0.717) is 0 Å². The minimum Gasteiger partial charge on any atom is -0.373 e. The smallest absolute Gasteiger partial charge is 0.154 e. The number of ketones is 2. The summed E-state index contributed by atoms with van der Waals surface area (Å²) in [6.45, 7) is 6.13. The van der Waals surface area contributed by atoms with E-state index in [1.54, 1.807) is 0 Å². The molecule has 0 amide bonds. The summed E-state index contributed by atoms with van der Waals surface area (Å²) < 4.78 is 5.87. The van der Waals surface area contributed by atoms with Gasteiger partial charge >= 0.3 is 0 Å². The molecule has 27 heavy (non-hydrogen) atoms. The molecule has 3 heteroatoms. The van der Waals surface area contributed by atoms with Crippen LogP contribution in [0.2, 0.25) is 0 Å². The quantitative estimate of drug-likeness (QED) is 0.750. The Labute approximate surface area is 159 Å². The maximum absolute atomic E-state index is 13.2. The maximum atomic E-state index is 13.2. The monoisotopic (exact) mass is 360 g/mol. The van der Waals surface area contributed by atoms with Crippen molar-refractivity contribution >= 4 is 11.6 Å². The third-order valence-electron chi connectivity index (χ3n) is 6.77. The van der Waals surface area contributed by atoms with Gasteiger partial charge in [-0.1, -0.05) is 42.0 Å². The number of rotatable bonds is 2. The summed E-state index contributed by atoms with van der Waals surface area (Å²) in [5, 5.41) is 0. The van der Waals surface area contributed by atoms with Crippen LogP contribution in [-0.2, 0) is 14.3 Å². The Bertz CT molecular complexity index is 905. The predicted octanol–water partition coefficient (Wildman–Crippen LogP) is 4.31. The molecule has 2 aromatic carbocycles. The van der Waals surface area contributed by atoms with Crippen LogP contribution in [0, 0.1) is 32.6 Å². The van der Waals surface area contributed by atoms with Gasteiger partial charge in [0, 0.05) is 0 Å². The normalized spacial score (nSPS) is 31.6. The summed E-state index contributed by atoms with van der Waals surface area (Å²) in [5.41, 5.74) is 6.51. The number of carbonyl (C=O) groups is 2. The van der Waals surface area contributed by atoms with Gasteiger partial charge in [0.05, 0.1) is 24.0 Å². The molecule has 3 aliphatic rings. The van der Waals surface area contributed by atoms with E-state index in [9.17, 15) is 9.59 Å². The van der Waals surface area contributed by atoms with E-state index in [4.69, 9.17) is 4.74 Å². The second-order valence-electron chi connectivity index (χ2n) is 8.47. The highest BCUT2D eigenvalue weighted by molar-refractivity contribution is 6.17. The molecule has 2 bridgehead atoms. The topological polar surface area (TPSA) is 43.4 Å². The van der Waals surface area contributed by atoms with Gasteiger partial charge in [-0.05, 0) is 61.4 Å². The van der Waals surface area contributed by atoms with Gasteiger partial charge in [0.1, 0.15) is 5.92 Å². The first-order chi connectivity index (χ1) is 13.0. The molecule has 1 unspecified atom stereocenters. The fraction of sp³-hybridized carbons (Fsp3) is 0.417. The van der Waals surface area contributed by atoms with Crippen LogP contribution in [0.1, 0.15) is 41.0 Å². The molecule has 2 aliphatic heterocycles. The summed E-state index contributed by atoms with van der Waals surface area (Å²) in [4.78, 5) is 26.4. The van der Waals surface area contributed by atoms with Crippen molar-refractivity contribution in [2.24, 2.45) is 11.8 Å². The highest BCUT2D eigenvalue weighted by Gasteiger charge is 2.63. The molecule has 0 aromatic heterocycles. The molecule has 0 spiro atoms. The highest BCUT2D eigenvalue weighted by atomic mass is 16.5. The second-order valence-corrected chi connectivity index (χ2v) is 8.47. The summed E-state index contributed by atoms with van der Waals surface area (Å²) in [7, 11) is 0. The van der Waals surface area contributed by atoms with Crippen LogP contribution >= 0.6 is 0 Å². The van der Waals surface area contributed by atoms with E-state index in [2.05, 4.69) is 43.3 Å². The van der Waals surface area contributed by atoms with Crippen molar-refractivity contribution in [1.82, 2.24) is 0 Å². The van der Waals surface area contributed by atoms with Crippen molar-refractivity contribution in [1.29, 1.82) is 0 Å². The number of Topliss-reactive ketones (excluding diaryl/α,β-unsaturated/α-hetero) is 2. The molecular weight excluding hydrogens is 336 g/mol. The van der Waals surface area contributed by atoms with Crippen LogP contribution in [-0.4, -0.2) is 23.8 Å². The van der Waals surface area contributed by atoms with E-state index in [0.717, 1.165) is 40.7 Å². The minimum absolute atomic E-state index is 0.0334. The van der Waals surface area contributed by atoms with Crippen molar-refractivity contribution in [2.45, 2.75) is 51.7 Å². The number of hydrogen-bond acceptors (Lipinski definition) is 3. The molecule has 5 atom stereocenters. The molecule has 2 aromatic rings. The summed E-state index contributed by atoms with van der Waals surface area (Å²) in [6, 6.07) is 12.7. The third kappa shape index (κ3) is 2.37. The lowest BCUT2D eigenvalue weighted by Crippen LogP contribution is -2.29. The Morgan fingerprint density at radius 3 is 1.81 bits per heavy atom. The molecule has 3 fully saturated rings. The van der Waals surface area contributed by atoms with Crippen molar-refractivity contribution in [3.8, 4) is 11.1 Å². The molecule has 5 rings (SSSR count). The van der Waals surface area contributed by atoms with Gasteiger partial charge in [-0.15, -0.1) is 0 Å². The standard InChI is InChI=1S/C24H24O3/c1-12-4-6-15(7-5-12)16-10-13(2)19(14(3)11-16)22-23(25)20-17-8-9-18(27-17)21(20)24(22)26/h4-7,10-11,17-18,20-22H,8-9H2,1-3H3/t17-,18+,20-,21+,22?. The van der Waals surface area contributed by atoms with Gasteiger partial charge in [0.25, 0.3) is 0 Å². The lowest BCUT2D eigenvalue weighted by Gasteiger charge is -2.19. The number of aryl methyl sites for hydroxylation is 3. The number of ether oxygens (including phenoxy) is 1. The molecule has 1 aliphatic carbocycles. The van der Waals surface area contributed by atoms with E-state index in [1.165, 1.54) is 5.56 Å². The summed E-state index contributed by atoms with van der Waals surface area (Å²) in [5.74, 6) is -0.842. The van der Waals surface area contributed by atoms with Crippen molar-refractivity contribution in [3.05, 3.63) is 58.7 Å². The maximum Gasteiger partial charge on any atom is 0.154 e. The van der Waals surface area contributed by atoms with Gasteiger partial charge < -0.3 is 4.74 Å². The van der Waals surface area contributed by atoms with Crippen LogP contribution in [0.25, 0.3) is 11.1 Å². The first-order valence-electron chi connectivity index (χ1n) is 9.87. The average molecular weight is 360 g/mol. The van der Waals surface area contributed by atoms with Gasteiger partial charge in [-0.3, -0.25) is 9.59 Å². The predicted molar refractivity (Wildman–Crippen MR) is 104 cm³/mol. The van der Waals surface area contributed by atoms with Crippen LogP contribution in [0.15, 0.2) is 36.4 Å². The van der Waals surface area contributed by atoms with Crippen LogP contribution in [0.5, 0.6) is 0 Å². The fourth-order valence-electron chi connectivity index (χ4n) is 5.55. The van der Waals surface area contributed by atoms with E-state index >= 15 is 0 Å². The second kappa shape index (κ2) is 5.87. The first-order valence-corrected chi connectivity index (χ1v) is 9.87. The summed E-state index contributed by atoms with van der Waals surface area (Å²) >= 11 is 0. The largest absolute Gasteiger partial charge is 0.373 e.